The van der Waals surface area contributed by atoms with Crippen molar-refractivity contribution in [1.82, 2.24) is 9.80 Å². The minimum atomic E-state index is 0.160. The number of thiophene rings is 1. The Labute approximate surface area is 178 Å². The third-order valence-corrected chi connectivity index (χ3v) is 6.79. The number of likely N-dealkylation sites (N-methyl/N-ethyl adjacent to an activating group) is 1. The number of likely N-dealkylation sites (tertiary alicyclic amines) is 1. The molecular weight excluding hydrogens is 384 g/mol. The van der Waals surface area contributed by atoms with Crippen molar-refractivity contribution in [3.63, 3.8) is 0 Å². The largest absolute Gasteiger partial charge is 0.493 e. The third-order valence-electron chi connectivity index (χ3n) is 5.71. The summed E-state index contributed by atoms with van der Waals surface area (Å²) in [5.41, 5.74) is 2.52. The van der Waals surface area contributed by atoms with Crippen molar-refractivity contribution >= 4 is 17.1 Å². The lowest BCUT2D eigenvalue weighted by atomic mass is 10.0. The summed E-state index contributed by atoms with van der Waals surface area (Å²) in [5.74, 6) is 1.72. The van der Waals surface area contributed by atoms with E-state index in [-0.39, 0.29) is 5.78 Å². The maximum Gasteiger partial charge on any atom is 0.169 e. The Morgan fingerprint density at radius 3 is 2.69 bits per heavy atom. The predicted molar refractivity (Wildman–Crippen MR) is 119 cm³/mol. The number of benzene rings is 1. The molecular formula is C23H32N2O3S. The molecule has 0 radical (unpaired) electrons. The number of methoxy groups -OCH3 is 2. The van der Waals surface area contributed by atoms with Crippen LogP contribution in [0.2, 0.25) is 0 Å². The van der Waals surface area contributed by atoms with E-state index in [0.29, 0.717) is 6.04 Å². The number of carbonyl (C=O) groups is 1. The zero-order chi connectivity index (χ0) is 20.8. The van der Waals surface area contributed by atoms with Crippen LogP contribution >= 0.6 is 11.3 Å². The lowest BCUT2D eigenvalue weighted by Crippen LogP contribution is -2.46. The molecule has 6 heteroatoms. The van der Waals surface area contributed by atoms with Gasteiger partial charge in [0.2, 0.25) is 0 Å². The third kappa shape index (κ3) is 5.81. The van der Waals surface area contributed by atoms with Gasteiger partial charge in [-0.25, -0.2) is 0 Å². The summed E-state index contributed by atoms with van der Waals surface area (Å²) in [5, 5.41) is 2.13. The standard InChI is InChI=1S/C23H32N2O3S/c1-17(26)23-13-19(16-29-23)14-25-10-5-6-20(15-25)24(2)11-9-18-7-8-21(27-3)22(12-18)28-4/h7-8,12-13,16,20H,5-6,9-11,14-15H2,1-4H3. The first-order chi connectivity index (χ1) is 14.0. The smallest absolute Gasteiger partial charge is 0.169 e. The van der Waals surface area contributed by atoms with Gasteiger partial charge in [0, 0.05) is 25.7 Å². The van der Waals surface area contributed by atoms with Crippen LogP contribution in [0.25, 0.3) is 0 Å². The summed E-state index contributed by atoms with van der Waals surface area (Å²) in [6.07, 6.45) is 3.44. The maximum atomic E-state index is 11.5. The second-order valence-electron chi connectivity index (χ2n) is 7.83. The van der Waals surface area contributed by atoms with Crippen LogP contribution in [0.4, 0.5) is 0 Å². The Morgan fingerprint density at radius 2 is 2.00 bits per heavy atom. The fourth-order valence-electron chi connectivity index (χ4n) is 3.96. The molecule has 0 N–H and O–H groups in total. The van der Waals surface area contributed by atoms with Gasteiger partial charge in [-0.3, -0.25) is 9.69 Å². The minimum Gasteiger partial charge on any atom is -0.493 e. The van der Waals surface area contributed by atoms with Crippen molar-refractivity contribution in [1.29, 1.82) is 0 Å². The van der Waals surface area contributed by atoms with Gasteiger partial charge in [-0.2, -0.15) is 0 Å². The monoisotopic (exact) mass is 416 g/mol. The molecule has 2 heterocycles. The van der Waals surface area contributed by atoms with E-state index in [9.17, 15) is 4.79 Å². The first kappa shape index (κ1) is 21.8. The predicted octanol–water partition coefficient (Wildman–Crippen LogP) is 4.11. The van der Waals surface area contributed by atoms with Gasteiger partial charge in [0.25, 0.3) is 0 Å². The van der Waals surface area contributed by atoms with Gasteiger partial charge in [-0.1, -0.05) is 6.07 Å². The van der Waals surface area contributed by atoms with Crippen LogP contribution < -0.4 is 9.47 Å². The van der Waals surface area contributed by atoms with Gasteiger partial charge < -0.3 is 14.4 Å². The Kier molecular flexibility index (Phi) is 7.70. The van der Waals surface area contributed by atoms with Crippen LogP contribution in [0.15, 0.2) is 29.6 Å². The average Bonchev–Trinajstić information content (AvgIpc) is 3.20. The Morgan fingerprint density at radius 1 is 1.21 bits per heavy atom. The van der Waals surface area contributed by atoms with Crippen LogP contribution in [-0.4, -0.2) is 62.5 Å². The van der Waals surface area contributed by atoms with Crippen molar-refractivity contribution in [2.24, 2.45) is 0 Å². The van der Waals surface area contributed by atoms with Crippen molar-refractivity contribution < 1.29 is 14.3 Å². The molecule has 1 aromatic carbocycles. The average molecular weight is 417 g/mol. The molecule has 1 aliphatic heterocycles. The molecule has 1 unspecified atom stereocenters. The Bertz CT molecular complexity index is 820. The number of ether oxygens (including phenoxy) is 2. The second-order valence-corrected chi connectivity index (χ2v) is 8.74. The Hall–Kier alpha value is -1.89. The summed E-state index contributed by atoms with van der Waals surface area (Å²) in [6.45, 7) is 5.80. The van der Waals surface area contributed by atoms with E-state index < -0.39 is 0 Å². The molecule has 1 aromatic heterocycles. The van der Waals surface area contributed by atoms with Crippen LogP contribution in [0.5, 0.6) is 11.5 Å². The minimum absolute atomic E-state index is 0.160. The van der Waals surface area contributed by atoms with Crippen LogP contribution in [0.1, 0.15) is 40.6 Å². The van der Waals surface area contributed by atoms with Gasteiger partial charge >= 0.3 is 0 Å². The van der Waals surface area contributed by atoms with Crippen LogP contribution in [-0.2, 0) is 13.0 Å². The van der Waals surface area contributed by atoms with E-state index in [2.05, 4.69) is 40.4 Å². The van der Waals surface area contributed by atoms with Crippen molar-refractivity contribution in [2.75, 3.05) is 40.9 Å². The second kappa shape index (κ2) is 10.2. The van der Waals surface area contributed by atoms with E-state index in [1.54, 1.807) is 32.5 Å². The highest BCUT2D eigenvalue weighted by Gasteiger charge is 2.23. The Balaban J connectivity index is 1.52. The number of ketones is 1. The zero-order valence-corrected chi connectivity index (χ0v) is 18.8. The number of Topliss-reactive ketones (excluding diaryl/α,β-unsaturated/α-hetero) is 1. The molecule has 0 spiro atoms. The normalized spacial score (nSPS) is 17.5. The number of nitrogens with zero attached hydrogens (tertiary/aromatic N) is 2. The highest BCUT2D eigenvalue weighted by Crippen LogP contribution is 2.28. The topological polar surface area (TPSA) is 42.0 Å². The SMILES string of the molecule is COc1ccc(CCN(C)C2CCCN(Cc3csc(C(C)=O)c3)C2)cc1OC. The van der Waals surface area contributed by atoms with Gasteiger partial charge in [0.15, 0.2) is 17.3 Å². The summed E-state index contributed by atoms with van der Waals surface area (Å²) >= 11 is 1.56. The first-order valence-corrected chi connectivity index (χ1v) is 11.1. The molecule has 1 atom stereocenters. The van der Waals surface area contributed by atoms with E-state index in [1.807, 2.05) is 6.07 Å². The summed E-state index contributed by atoms with van der Waals surface area (Å²) < 4.78 is 10.7. The molecule has 1 fully saturated rings. The number of carbonyl (C=O) groups excluding carboxylic acids is 1. The van der Waals surface area contributed by atoms with E-state index in [4.69, 9.17) is 9.47 Å². The number of rotatable bonds is 9. The maximum absolute atomic E-state index is 11.5. The molecule has 0 aliphatic carbocycles. The van der Waals surface area contributed by atoms with Crippen molar-refractivity contribution in [3.05, 3.63) is 45.6 Å². The number of hydrogen-bond acceptors (Lipinski definition) is 6. The quantitative estimate of drug-likeness (QED) is 0.576. The highest BCUT2D eigenvalue weighted by atomic mass is 32.1. The molecule has 1 aliphatic rings. The van der Waals surface area contributed by atoms with Crippen molar-refractivity contribution in [2.45, 2.75) is 38.8 Å². The van der Waals surface area contributed by atoms with E-state index in [0.717, 1.165) is 49.0 Å². The molecule has 0 amide bonds. The fourth-order valence-corrected chi connectivity index (χ4v) is 4.77. The van der Waals surface area contributed by atoms with Crippen LogP contribution in [0.3, 0.4) is 0 Å². The summed E-state index contributed by atoms with van der Waals surface area (Å²) in [4.78, 5) is 17.4. The highest BCUT2D eigenvalue weighted by molar-refractivity contribution is 7.12. The molecule has 0 bridgehead atoms. The van der Waals surface area contributed by atoms with Crippen molar-refractivity contribution in [3.8, 4) is 11.5 Å². The van der Waals surface area contributed by atoms with Gasteiger partial charge in [-0.15, -0.1) is 11.3 Å². The van der Waals surface area contributed by atoms with E-state index in [1.165, 1.54) is 24.0 Å². The first-order valence-electron chi connectivity index (χ1n) is 10.2. The van der Waals surface area contributed by atoms with Gasteiger partial charge in [0.05, 0.1) is 19.1 Å². The molecule has 3 rings (SSSR count). The molecule has 1 saturated heterocycles. The molecule has 2 aromatic rings. The van der Waals surface area contributed by atoms with Gasteiger partial charge in [0.1, 0.15) is 0 Å². The fraction of sp³-hybridized carbons (Fsp3) is 0.522. The summed E-state index contributed by atoms with van der Waals surface area (Å²) in [7, 11) is 5.57. The molecule has 158 valence electrons. The molecule has 0 saturated carbocycles. The van der Waals surface area contributed by atoms with Gasteiger partial charge in [-0.05, 0) is 74.5 Å². The molecule has 5 nitrogen and oxygen atoms in total. The number of hydrogen-bond donors (Lipinski definition) is 0. The lowest BCUT2D eigenvalue weighted by Gasteiger charge is -2.37. The number of piperidine rings is 1. The zero-order valence-electron chi connectivity index (χ0n) is 17.9. The lowest BCUT2D eigenvalue weighted by molar-refractivity contribution is 0.102. The van der Waals surface area contributed by atoms with Crippen LogP contribution in [0, 0.1) is 0 Å². The summed E-state index contributed by atoms with van der Waals surface area (Å²) in [6, 6.07) is 8.79. The van der Waals surface area contributed by atoms with E-state index >= 15 is 0 Å². The molecule has 29 heavy (non-hydrogen) atoms.